The van der Waals surface area contributed by atoms with Gasteiger partial charge in [-0.3, -0.25) is 4.79 Å². The van der Waals surface area contributed by atoms with Gasteiger partial charge in [-0.05, 0) is 18.2 Å². The molecule has 0 aliphatic carbocycles. The molecule has 2 aromatic rings. The Morgan fingerprint density at radius 3 is 2.83 bits per heavy atom. The van der Waals surface area contributed by atoms with E-state index in [9.17, 15) is 4.79 Å². The number of nitrogens with one attached hydrogen (secondary N) is 1. The Morgan fingerprint density at radius 2 is 2.17 bits per heavy atom. The average Bonchev–Trinajstić information content (AvgIpc) is 2.42. The lowest BCUT2D eigenvalue weighted by Crippen LogP contribution is -2.12. The van der Waals surface area contributed by atoms with Crippen LogP contribution in [0.1, 0.15) is 10.4 Å². The zero-order chi connectivity index (χ0) is 13.0. The van der Waals surface area contributed by atoms with Gasteiger partial charge in [-0.2, -0.15) is 10.2 Å². The molecule has 1 heterocycles. The Hall–Kier alpha value is -2.63. The molecule has 0 aliphatic heterocycles. The molecule has 0 saturated heterocycles. The molecule has 0 bridgehead atoms. The predicted molar refractivity (Wildman–Crippen MR) is 67.4 cm³/mol. The minimum absolute atomic E-state index is 0.267. The molecular weight excluding hydrogens is 232 g/mol. The highest BCUT2D eigenvalue weighted by Crippen LogP contribution is 2.25. The van der Waals surface area contributed by atoms with Gasteiger partial charge in [0.15, 0.2) is 0 Å². The highest BCUT2D eigenvalue weighted by molar-refractivity contribution is 6.04. The van der Waals surface area contributed by atoms with E-state index in [-0.39, 0.29) is 5.91 Å². The van der Waals surface area contributed by atoms with Crippen LogP contribution in [-0.4, -0.2) is 23.2 Å². The highest BCUT2D eigenvalue weighted by atomic mass is 16.5. The van der Waals surface area contributed by atoms with Gasteiger partial charge in [-0.15, -0.1) is 0 Å². The van der Waals surface area contributed by atoms with Gasteiger partial charge < -0.3 is 15.8 Å². The smallest absolute Gasteiger partial charge is 0.257 e. The number of methoxy groups -OCH3 is 1. The van der Waals surface area contributed by atoms with Crippen molar-refractivity contribution in [2.24, 2.45) is 0 Å². The van der Waals surface area contributed by atoms with Gasteiger partial charge in [0.25, 0.3) is 5.91 Å². The van der Waals surface area contributed by atoms with Crippen molar-refractivity contribution in [3.8, 4) is 5.75 Å². The summed E-state index contributed by atoms with van der Waals surface area (Å²) in [6.07, 6.45) is 2.85. The summed E-state index contributed by atoms with van der Waals surface area (Å²) < 4.78 is 5.07. The number of aromatic nitrogens is 2. The van der Waals surface area contributed by atoms with Gasteiger partial charge in [0, 0.05) is 11.8 Å². The van der Waals surface area contributed by atoms with E-state index in [0.717, 1.165) is 0 Å². The van der Waals surface area contributed by atoms with E-state index >= 15 is 0 Å². The van der Waals surface area contributed by atoms with Crippen molar-refractivity contribution < 1.29 is 9.53 Å². The summed E-state index contributed by atoms with van der Waals surface area (Å²) in [5.41, 5.74) is 7.23. The van der Waals surface area contributed by atoms with Gasteiger partial charge in [-0.1, -0.05) is 0 Å². The minimum Gasteiger partial charge on any atom is -0.495 e. The van der Waals surface area contributed by atoms with Crippen LogP contribution in [0.5, 0.6) is 5.75 Å². The van der Waals surface area contributed by atoms with Crippen LogP contribution in [0, 0.1) is 0 Å². The maximum Gasteiger partial charge on any atom is 0.257 e. The first-order chi connectivity index (χ1) is 8.70. The quantitative estimate of drug-likeness (QED) is 0.795. The van der Waals surface area contributed by atoms with E-state index in [0.29, 0.717) is 22.7 Å². The molecule has 6 nitrogen and oxygen atoms in total. The molecule has 0 aliphatic rings. The molecule has 2 rings (SSSR count). The van der Waals surface area contributed by atoms with E-state index < -0.39 is 0 Å². The number of hydrogen-bond donors (Lipinski definition) is 2. The normalized spacial score (nSPS) is 9.83. The second-order valence-corrected chi connectivity index (χ2v) is 3.54. The van der Waals surface area contributed by atoms with Gasteiger partial charge in [-0.25, -0.2) is 0 Å². The SMILES string of the molecule is COc1cc(NC(=O)c2ccnnc2)ccc1N. The Labute approximate surface area is 104 Å². The lowest BCUT2D eigenvalue weighted by atomic mass is 10.2. The first kappa shape index (κ1) is 11.8. The van der Waals surface area contributed by atoms with Gasteiger partial charge in [0.2, 0.25) is 0 Å². The number of nitrogens with zero attached hydrogens (tertiary/aromatic N) is 2. The number of rotatable bonds is 3. The summed E-state index contributed by atoms with van der Waals surface area (Å²) in [5, 5.41) is 9.96. The third-order valence-electron chi connectivity index (χ3n) is 2.34. The van der Waals surface area contributed by atoms with E-state index in [1.165, 1.54) is 19.5 Å². The summed E-state index contributed by atoms with van der Waals surface area (Å²) in [7, 11) is 1.52. The molecule has 18 heavy (non-hydrogen) atoms. The molecule has 6 heteroatoms. The zero-order valence-electron chi connectivity index (χ0n) is 9.75. The summed E-state index contributed by atoms with van der Waals surface area (Å²) in [6.45, 7) is 0. The Bertz CT molecular complexity index is 557. The predicted octanol–water partition coefficient (Wildman–Crippen LogP) is 1.32. The van der Waals surface area contributed by atoms with Crippen molar-refractivity contribution in [3.05, 3.63) is 42.2 Å². The van der Waals surface area contributed by atoms with Gasteiger partial charge >= 0.3 is 0 Å². The molecule has 1 aromatic carbocycles. The van der Waals surface area contributed by atoms with Crippen LogP contribution in [0.3, 0.4) is 0 Å². The van der Waals surface area contributed by atoms with Crippen molar-refractivity contribution in [3.63, 3.8) is 0 Å². The number of ether oxygens (including phenoxy) is 1. The number of anilines is 2. The molecule has 1 aromatic heterocycles. The lowest BCUT2D eigenvalue weighted by Gasteiger charge is -2.08. The van der Waals surface area contributed by atoms with E-state index in [2.05, 4.69) is 15.5 Å². The van der Waals surface area contributed by atoms with Crippen LogP contribution in [0.4, 0.5) is 11.4 Å². The van der Waals surface area contributed by atoms with Crippen LogP contribution in [-0.2, 0) is 0 Å². The molecule has 3 N–H and O–H groups in total. The number of carbonyl (C=O) groups excluding carboxylic acids is 1. The zero-order valence-corrected chi connectivity index (χ0v) is 9.75. The van der Waals surface area contributed by atoms with Crippen molar-refractivity contribution in [1.29, 1.82) is 0 Å². The van der Waals surface area contributed by atoms with Crippen LogP contribution in [0.25, 0.3) is 0 Å². The molecule has 0 saturated carbocycles. The fourth-order valence-corrected chi connectivity index (χ4v) is 1.42. The number of carbonyl (C=O) groups is 1. The highest BCUT2D eigenvalue weighted by Gasteiger charge is 2.07. The number of hydrogen-bond acceptors (Lipinski definition) is 5. The summed E-state index contributed by atoms with van der Waals surface area (Å²) in [4.78, 5) is 11.8. The number of benzene rings is 1. The molecule has 0 unspecified atom stereocenters. The summed E-state index contributed by atoms with van der Waals surface area (Å²) >= 11 is 0. The average molecular weight is 244 g/mol. The number of nitrogen functional groups attached to an aromatic ring is 1. The van der Waals surface area contributed by atoms with Gasteiger partial charge in [0.05, 0.1) is 30.8 Å². The van der Waals surface area contributed by atoms with E-state index in [4.69, 9.17) is 10.5 Å². The van der Waals surface area contributed by atoms with E-state index in [1.54, 1.807) is 24.3 Å². The second kappa shape index (κ2) is 5.13. The summed E-state index contributed by atoms with van der Waals surface area (Å²) in [5.74, 6) is 0.248. The first-order valence-electron chi connectivity index (χ1n) is 5.22. The van der Waals surface area contributed by atoms with Crippen LogP contribution < -0.4 is 15.8 Å². The Morgan fingerprint density at radius 1 is 1.33 bits per heavy atom. The van der Waals surface area contributed by atoms with Crippen LogP contribution in [0.15, 0.2) is 36.7 Å². The largest absolute Gasteiger partial charge is 0.495 e. The molecular formula is C12H12N4O2. The topological polar surface area (TPSA) is 90.1 Å². The molecule has 0 fully saturated rings. The Kier molecular flexibility index (Phi) is 3.38. The number of amides is 1. The second-order valence-electron chi connectivity index (χ2n) is 3.54. The van der Waals surface area contributed by atoms with Crippen LogP contribution in [0.2, 0.25) is 0 Å². The number of nitrogens with two attached hydrogens (primary N) is 1. The maximum atomic E-state index is 11.8. The van der Waals surface area contributed by atoms with E-state index in [1.807, 2.05) is 0 Å². The van der Waals surface area contributed by atoms with Crippen molar-refractivity contribution in [2.75, 3.05) is 18.2 Å². The first-order valence-corrected chi connectivity index (χ1v) is 5.22. The third kappa shape index (κ3) is 2.54. The lowest BCUT2D eigenvalue weighted by molar-refractivity contribution is 0.102. The molecule has 0 spiro atoms. The Balaban J connectivity index is 2.17. The maximum absolute atomic E-state index is 11.8. The third-order valence-corrected chi connectivity index (χ3v) is 2.34. The van der Waals surface area contributed by atoms with Crippen molar-refractivity contribution in [1.82, 2.24) is 10.2 Å². The van der Waals surface area contributed by atoms with Crippen molar-refractivity contribution in [2.45, 2.75) is 0 Å². The fraction of sp³-hybridized carbons (Fsp3) is 0.0833. The molecule has 92 valence electrons. The fourth-order valence-electron chi connectivity index (χ4n) is 1.42. The summed E-state index contributed by atoms with van der Waals surface area (Å²) in [6, 6.07) is 6.60. The van der Waals surface area contributed by atoms with Crippen molar-refractivity contribution >= 4 is 17.3 Å². The molecule has 1 amide bonds. The van der Waals surface area contributed by atoms with Gasteiger partial charge in [0.1, 0.15) is 5.75 Å². The molecule has 0 radical (unpaired) electrons. The minimum atomic E-state index is -0.267. The standard InChI is InChI=1S/C12H12N4O2/c1-18-11-6-9(2-3-10(11)13)16-12(17)8-4-5-14-15-7-8/h2-7H,13H2,1H3,(H,16,17). The molecule has 0 atom stereocenters. The monoisotopic (exact) mass is 244 g/mol. The van der Waals surface area contributed by atoms with Crippen LogP contribution >= 0.6 is 0 Å².